The minimum atomic E-state index is -3.56. The van der Waals surface area contributed by atoms with Crippen LogP contribution in [0.3, 0.4) is 0 Å². The fourth-order valence-electron chi connectivity index (χ4n) is 1.77. The zero-order valence-corrected chi connectivity index (χ0v) is 11.7. The lowest BCUT2D eigenvalue weighted by molar-refractivity contribution is -0.384. The molecule has 0 saturated heterocycles. The summed E-state index contributed by atoms with van der Waals surface area (Å²) < 4.78 is 25.6. The maximum atomic E-state index is 11.5. The van der Waals surface area contributed by atoms with Gasteiger partial charge in [0, 0.05) is 25.5 Å². The van der Waals surface area contributed by atoms with E-state index in [2.05, 4.69) is 0 Å². The fraction of sp³-hybridized carbons (Fsp3) is 0.167. The van der Waals surface area contributed by atoms with Crippen LogP contribution in [0.1, 0.15) is 0 Å². The maximum absolute atomic E-state index is 11.5. The van der Waals surface area contributed by atoms with E-state index in [-0.39, 0.29) is 11.4 Å². The second-order valence-corrected chi connectivity index (χ2v) is 6.26. The number of sulfonamides is 1. The normalized spacial score (nSPS) is 11.3. The van der Waals surface area contributed by atoms with Crippen molar-refractivity contribution in [3.63, 3.8) is 0 Å². The molecule has 0 radical (unpaired) electrons. The second-order valence-electron chi connectivity index (χ2n) is 4.25. The smallest absolute Gasteiger partial charge is 0.295 e. The Balaban J connectivity index is 2.58. The highest BCUT2D eigenvalue weighted by molar-refractivity contribution is 7.92. The third-order valence-electron chi connectivity index (χ3n) is 2.90. The van der Waals surface area contributed by atoms with Crippen molar-refractivity contribution in [1.82, 2.24) is 4.57 Å². The van der Waals surface area contributed by atoms with Crippen LogP contribution in [-0.2, 0) is 10.0 Å². The van der Waals surface area contributed by atoms with Gasteiger partial charge in [-0.2, -0.15) is 0 Å². The van der Waals surface area contributed by atoms with E-state index < -0.39 is 14.9 Å². The Morgan fingerprint density at radius 1 is 1.25 bits per heavy atom. The topological polar surface area (TPSA) is 85.4 Å². The molecular weight excluding hydrogens is 282 g/mol. The van der Waals surface area contributed by atoms with Crippen LogP contribution in [0.5, 0.6) is 0 Å². The first-order chi connectivity index (χ1) is 9.30. The third-order valence-corrected chi connectivity index (χ3v) is 4.09. The third kappa shape index (κ3) is 2.64. The number of rotatable bonds is 4. The molecule has 0 bridgehead atoms. The number of hydrogen-bond donors (Lipinski definition) is 0. The molecule has 2 aromatic rings. The van der Waals surface area contributed by atoms with Gasteiger partial charge < -0.3 is 4.57 Å². The van der Waals surface area contributed by atoms with E-state index >= 15 is 0 Å². The summed E-state index contributed by atoms with van der Waals surface area (Å²) in [7, 11) is -2.27. The lowest BCUT2D eigenvalue weighted by Gasteiger charge is -2.17. The Kier molecular flexibility index (Phi) is 3.49. The minimum Gasteiger partial charge on any atom is -0.324 e. The summed E-state index contributed by atoms with van der Waals surface area (Å²) in [5.74, 6) is 0. The lowest BCUT2D eigenvalue weighted by Crippen LogP contribution is -2.25. The first-order valence-electron chi connectivity index (χ1n) is 5.66. The maximum Gasteiger partial charge on any atom is 0.295 e. The van der Waals surface area contributed by atoms with Crippen molar-refractivity contribution in [2.24, 2.45) is 0 Å². The van der Waals surface area contributed by atoms with Gasteiger partial charge in [-0.25, -0.2) is 8.42 Å². The van der Waals surface area contributed by atoms with Gasteiger partial charge in [-0.1, -0.05) is 0 Å². The summed E-state index contributed by atoms with van der Waals surface area (Å²) in [6.45, 7) is 0. The molecule has 0 unspecified atom stereocenters. The molecule has 0 aliphatic rings. The van der Waals surface area contributed by atoms with Crippen molar-refractivity contribution < 1.29 is 13.3 Å². The molecule has 0 saturated carbocycles. The zero-order chi connectivity index (χ0) is 14.9. The van der Waals surface area contributed by atoms with Gasteiger partial charge in [-0.3, -0.25) is 14.4 Å². The van der Waals surface area contributed by atoms with Crippen LogP contribution in [0.4, 0.5) is 11.4 Å². The Labute approximate surface area is 116 Å². The molecule has 0 spiro atoms. The van der Waals surface area contributed by atoms with Crippen molar-refractivity contribution >= 4 is 21.4 Å². The van der Waals surface area contributed by atoms with Crippen LogP contribution in [0.15, 0.2) is 42.7 Å². The number of nitro groups is 1. The van der Waals surface area contributed by atoms with Crippen LogP contribution in [0.25, 0.3) is 5.69 Å². The van der Waals surface area contributed by atoms with E-state index in [0.29, 0.717) is 5.69 Å². The highest BCUT2D eigenvalue weighted by atomic mass is 32.2. The average molecular weight is 295 g/mol. The number of nitro benzene ring substituents is 1. The number of hydrogen-bond acceptors (Lipinski definition) is 4. The number of nitrogens with zero attached hydrogens (tertiary/aromatic N) is 3. The minimum absolute atomic E-state index is 0.0356. The second kappa shape index (κ2) is 4.97. The molecule has 0 aliphatic carbocycles. The summed E-state index contributed by atoms with van der Waals surface area (Å²) in [6.07, 6.45) is 4.49. The van der Waals surface area contributed by atoms with Gasteiger partial charge in [0.05, 0.1) is 16.9 Å². The molecule has 8 heteroatoms. The van der Waals surface area contributed by atoms with Crippen molar-refractivity contribution in [2.75, 3.05) is 17.6 Å². The van der Waals surface area contributed by atoms with E-state index in [0.717, 1.165) is 10.6 Å². The largest absolute Gasteiger partial charge is 0.324 e. The lowest BCUT2D eigenvalue weighted by atomic mass is 10.2. The Morgan fingerprint density at radius 3 is 2.35 bits per heavy atom. The average Bonchev–Trinajstić information content (AvgIpc) is 2.89. The molecule has 0 fully saturated rings. The molecule has 0 N–H and O–H groups in total. The monoisotopic (exact) mass is 295 g/mol. The van der Waals surface area contributed by atoms with Gasteiger partial charge >= 0.3 is 0 Å². The molecule has 7 nitrogen and oxygen atoms in total. The van der Waals surface area contributed by atoms with Crippen LogP contribution < -0.4 is 4.31 Å². The first-order valence-corrected chi connectivity index (χ1v) is 7.51. The number of anilines is 1. The molecule has 1 aromatic heterocycles. The Hall–Kier alpha value is -2.35. The SMILES string of the molecule is CN(c1ccc(-n2cccc2)cc1[N+](=O)[O-])S(C)(=O)=O. The highest BCUT2D eigenvalue weighted by Crippen LogP contribution is 2.31. The first kappa shape index (κ1) is 14.1. The van der Waals surface area contributed by atoms with E-state index in [9.17, 15) is 18.5 Å². The van der Waals surface area contributed by atoms with Gasteiger partial charge in [0.15, 0.2) is 0 Å². The van der Waals surface area contributed by atoms with E-state index in [1.165, 1.54) is 19.2 Å². The molecule has 0 amide bonds. The van der Waals surface area contributed by atoms with E-state index in [1.807, 2.05) is 0 Å². The van der Waals surface area contributed by atoms with Crippen LogP contribution in [0.2, 0.25) is 0 Å². The molecule has 1 heterocycles. The van der Waals surface area contributed by atoms with Crippen molar-refractivity contribution in [3.05, 3.63) is 52.8 Å². The van der Waals surface area contributed by atoms with Crippen LogP contribution in [0, 0.1) is 10.1 Å². The van der Waals surface area contributed by atoms with Crippen LogP contribution in [-0.4, -0.2) is 31.2 Å². The standard InChI is InChI=1S/C12H13N3O4S/c1-13(20(2,18)19)11-6-5-10(9-12(11)15(16)17)14-7-3-4-8-14/h3-9H,1-2H3. The predicted molar refractivity (Wildman–Crippen MR) is 75.7 cm³/mol. The zero-order valence-electron chi connectivity index (χ0n) is 10.9. The molecule has 0 aliphatic heterocycles. The van der Waals surface area contributed by atoms with E-state index in [1.54, 1.807) is 35.2 Å². The quantitative estimate of drug-likeness (QED) is 0.635. The summed E-state index contributed by atoms with van der Waals surface area (Å²) in [4.78, 5) is 10.6. The molecular formula is C12H13N3O4S. The highest BCUT2D eigenvalue weighted by Gasteiger charge is 2.23. The Bertz CT molecular complexity index is 738. The predicted octanol–water partition coefficient (Wildman–Crippen LogP) is 1.78. The van der Waals surface area contributed by atoms with Crippen LogP contribution >= 0.6 is 0 Å². The van der Waals surface area contributed by atoms with Gasteiger partial charge in [0.1, 0.15) is 5.69 Å². The van der Waals surface area contributed by atoms with Crippen molar-refractivity contribution in [3.8, 4) is 5.69 Å². The fourth-order valence-corrected chi connectivity index (χ4v) is 2.28. The Morgan fingerprint density at radius 2 is 1.85 bits per heavy atom. The van der Waals surface area contributed by atoms with Crippen molar-refractivity contribution in [2.45, 2.75) is 0 Å². The molecule has 20 heavy (non-hydrogen) atoms. The van der Waals surface area contributed by atoms with Gasteiger partial charge in [-0.05, 0) is 24.3 Å². The van der Waals surface area contributed by atoms with Crippen molar-refractivity contribution in [1.29, 1.82) is 0 Å². The molecule has 106 valence electrons. The molecule has 2 rings (SSSR count). The summed E-state index contributed by atoms with van der Waals surface area (Å²) in [6, 6.07) is 7.99. The molecule has 0 atom stereocenters. The summed E-state index contributed by atoms with van der Waals surface area (Å²) in [5.41, 5.74) is 0.366. The van der Waals surface area contributed by atoms with E-state index in [4.69, 9.17) is 0 Å². The van der Waals surface area contributed by atoms with Gasteiger partial charge in [-0.15, -0.1) is 0 Å². The molecule has 1 aromatic carbocycles. The number of aromatic nitrogens is 1. The summed E-state index contributed by atoms with van der Waals surface area (Å²) >= 11 is 0. The van der Waals surface area contributed by atoms with Gasteiger partial charge in [0.2, 0.25) is 10.0 Å². The summed E-state index contributed by atoms with van der Waals surface area (Å²) in [5, 5.41) is 11.1. The number of benzene rings is 1. The van der Waals surface area contributed by atoms with Gasteiger partial charge in [0.25, 0.3) is 5.69 Å².